The van der Waals surface area contributed by atoms with Crippen molar-refractivity contribution in [1.82, 2.24) is 0 Å². The fourth-order valence-electron chi connectivity index (χ4n) is 8.48. The highest BCUT2D eigenvalue weighted by molar-refractivity contribution is 6.01. The van der Waals surface area contributed by atoms with Crippen LogP contribution >= 0.6 is 0 Å². The molecule has 0 saturated heterocycles. The van der Waals surface area contributed by atoms with E-state index in [-0.39, 0.29) is 55.2 Å². The van der Waals surface area contributed by atoms with Gasteiger partial charge < -0.3 is 24.2 Å². The minimum absolute atomic E-state index is 0.00965. The number of carbonyl (C=O) groups excluding carboxylic acids is 4. The summed E-state index contributed by atoms with van der Waals surface area (Å²) in [5, 5.41) is 21.2. The molecule has 5 rings (SSSR count). The Morgan fingerprint density at radius 2 is 1.84 bits per heavy atom. The van der Waals surface area contributed by atoms with Crippen LogP contribution in [-0.2, 0) is 35.2 Å². The van der Waals surface area contributed by atoms with Crippen molar-refractivity contribution >= 4 is 23.7 Å². The minimum atomic E-state index is -1.70. The van der Waals surface area contributed by atoms with Gasteiger partial charge in [-0.15, -0.1) is 10.1 Å². The minimum Gasteiger partial charge on any atom is -0.454 e. The first-order valence-corrected chi connectivity index (χ1v) is 14.9. The Labute approximate surface area is 254 Å². The summed E-state index contributed by atoms with van der Waals surface area (Å²) in [6.45, 7) is 4.61. The van der Waals surface area contributed by atoms with Gasteiger partial charge in [-0.2, -0.15) is 0 Å². The molecule has 12 nitrogen and oxygen atoms in total. The number of aliphatic hydroxyl groups excluding tert-OH is 1. The van der Waals surface area contributed by atoms with Crippen molar-refractivity contribution in [2.24, 2.45) is 28.6 Å². The molecule has 0 heterocycles. The highest BCUT2D eigenvalue weighted by Gasteiger charge is 2.70. The van der Waals surface area contributed by atoms with Crippen molar-refractivity contribution < 1.29 is 48.4 Å². The van der Waals surface area contributed by atoms with Crippen LogP contribution in [0.4, 0.5) is 4.79 Å². The molecular weight excluding hydrogens is 574 g/mol. The fraction of sp³-hybridized carbons (Fsp3) is 0.562. The first kappa shape index (κ1) is 31.4. The van der Waals surface area contributed by atoms with E-state index in [4.69, 9.17) is 14.2 Å². The van der Waals surface area contributed by atoms with Gasteiger partial charge in [0.15, 0.2) is 18.0 Å². The summed E-state index contributed by atoms with van der Waals surface area (Å²) < 4.78 is 16.4. The predicted molar refractivity (Wildman–Crippen MR) is 152 cm³/mol. The molecule has 4 aliphatic carbocycles. The maximum atomic E-state index is 14.1. The molecular formula is C32H37NO11. The largest absolute Gasteiger partial charge is 0.509 e. The van der Waals surface area contributed by atoms with Crippen molar-refractivity contribution in [3.05, 3.63) is 69.3 Å². The first-order valence-electron chi connectivity index (χ1n) is 14.9. The van der Waals surface area contributed by atoms with E-state index < -0.39 is 52.1 Å². The third kappa shape index (κ3) is 5.29. The van der Waals surface area contributed by atoms with Crippen LogP contribution in [0.1, 0.15) is 68.8 Å². The summed E-state index contributed by atoms with van der Waals surface area (Å²) in [6.07, 6.45) is 5.55. The molecule has 3 unspecified atom stereocenters. The summed E-state index contributed by atoms with van der Waals surface area (Å²) in [5.41, 5.74) is -1.60. The van der Waals surface area contributed by atoms with Gasteiger partial charge in [0.2, 0.25) is 5.78 Å². The summed E-state index contributed by atoms with van der Waals surface area (Å²) in [6, 6.07) is 5.75. The Morgan fingerprint density at radius 1 is 1.11 bits per heavy atom. The summed E-state index contributed by atoms with van der Waals surface area (Å²) in [7, 11) is 0. The van der Waals surface area contributed by atoms with Gasteiger partial charge >= 0.3 is 12.1 Å². The molecule has 3 fully saturated rings. The quantitative estimate of drug-likeness (QED) is 0.240. The normalized spacial score (nSPS) is 33.6. The zero-order valence-electron chi connectivity index (χ0n) is 25.0. The van der Waals surface area contributed by atoms with Crippen molar-refractivity contribution in [2.45, 2.75) is 71.2 Å². The number of Topliss-reactive ketones (excluding diaryl/α,β-unsaturated/α-hetero) is 1. The lowest BCUT2D eigenvalue weighted by Gasteiger charge is -2.59. The van der Waals surface area contributed by atoms with Crippen LogP contribution < -0.4 is 0 Å². The van der Waals surface area contributed by atoms with E-state index in [0.717, 1.165) is 5.57 Å². The molecule has 3 saturated carbocycles. The number of rotatable bonds is 9. The first-order chi connectivity index (χ1) is 20.8. The maximum absolute atomic E-state index is 14.1. The topological polar surface area (TPSA) is 169 Å². The number of carbonyl (C=O) groups is 4. The molecule has 0 radical (unpaired) electrons. The number of aliphatic hydroxyl groups is 1. The summed E-state index contributed by atoms with van der Waals surface area (Å²) in [5.74, 6) is -1.75. The van der Waals surface area contributed by atoms with E-state index in [1.807, 2.05) is 19.9 Å². The highest BCUT2D eigenvalue weighted by Crippen LogP contribution is 2.68. The molecule has 1 N–H and O–H groups in total. The van der Waals surface area contributed by atoms with Crippen molar-refractivity contribution in [3.63, 3.8) is 0 Å². The molecule has 0 bridgehead atoms. The van der Waals surface area contributed by atoms with E-state index in [1.54, 1.807) is 19.1 Å². The van der Waals surface area contributed by atoms with Gasteiger partial charge in [-0.1, -0.05) is 37.6 Å². The number of fused-ring (bicyclic) bond motifs is 5. The Hall–Kier alpha value is -4.06. The van der Waals surface area contributed by atoms with Crippen molar-refractivity contribution in [1.29, 1.82) is 0 Å². The van der Waals surface area contributed by atoms with Gasteiger partial charge in [-0.25, -0.2) is 9.59 Å². The van der Waals surface area contributed by atoms with E-state index in [2.05, 4.69) is 4.84 Å². The third-order valence-corrected chi connectivity index (χ3v) is 10.4. The predicted octanol–water partition coefficient (Wildman–Crippen LogP) is 4.31. The number of benzene rings is 1. The lowest BCUT2D eigenvalue weighted by molar-refractivity contribution is -0.763. The van der Waals surface area contributed by atoms with Crippen LogP contribution in [-0.4, -0.2) is 58.8 Å². The molecule has 1 aromatic rings. The number of esters is 1. The lowest BCUT2D eigenvalue weighted by Crippen LogP contribution is -2.63. The molecule has 0 spiro atoms. The lowest BCUT2D eigenvalue weighted by atomic mass is 9.46. The molecule has 1 aromatic carbocycles. The summed E-state index contributed by atoms with van der Waals surface area (Å²) >= 11 is 0. The fourth-order valence-corrected chi connectivity index (χ4v) is 8.48. The average molecular weight is 612 g/mol. The monoisotopic (exact) mass is 611 g/mol. The molecule has 0 aromatic heterocycles. The van der Waals surface area contributed by atoms with Gasteiger partial charge in [0, 0.05) is 16.7 Å². The van der Waals surface area contributed by atoms with Crippen LogP contribution in [0.15, 0.2) is 48.1 Å². The third-order valence-electron chi connectivity index (χ3n) is 10.4. The van der Waals surface area contributed by atoms with Crippen LogP contribution in [0, 0.1) is 38.7 Å². The van der Waals surface area contributed by atoms with Crippen LogP contribution in [0.25, 0.3) is 0 Å². The van der Waals surface area contributed by atoms with Gasteiger partial charge in [0.05, 0.1) is 18.3 Å². The van der Waals surface area contributed by atoms with Gasteiger partial charge in [-0.3, -0.25) is 9.59 Å². The Kier molecular flexibility index (Phi) is 8.41. The average Bonchev–Trinajstić information content (AvgIpc) is 3.27. The molecule has 0 aliphatic heterocycles. The molecule has 0 amide bonds. The van der Waals surface area contributed by atoms with Gasteiger partial charge in [-0.05, 0) is 80.7 Å². The Morgan fingerprint density at radius 3 is 2.52 bits per heavy atom. The molecule has 44 heavy (non-hydrogen) atoms. The number of ether oxygens (including phenoxy) is 3. The molecule has 4 aliphatic rings. The zero-order chi connectivity index (χ0) is 31.9. The zero-order valence-corrected chi connectivity index (χ0v) is 25.0. The number of allylic oxidation sites excluding steroid dienone is 4. The van der Waals surface area contributed by atoms with E-state index in [9.17, 15) is 34.4 Å². The Bertz CT molecular complexity index is 1420. The van der Waals surface area contributed by atoms with Gasteiger partial charge in [0.25, 0.3) is 5.09 Å². The standard InChI is InChI=1S/C32H37NO11/c1-4-41-29(38)44-32(26(36)18-42-28(37)20-7-5-19(6-8-20)17-43-33(39)40)14-12-24-23-10-9-21-15-22(34)11-13-30(21,2)27(23)25(35)16-31(24,32)3/h5-8,11,13,15,23-25,27,35H,4,9-10,12,14,16-18H2,1-3H3/t23?,24?,25-,27?,30-,31-,32-/m0/s1. The van der Waals surface area contributed by atoms with E-state index >= 15 is 0 Å². The van der Waals surface area contributed by atoms with Crippen LogP contribution in [0.3, 0.4) is 0 Å². The maximum Gasteiger partial charge on any atom is 0.509 e. The second kappa shape index (κ2) is 11.8. The van der Waals surface area contributed by atoms with Crippen molar-refractivity contribution in [3.8, 4) is 0 Å². The second-order valence-electron chi connectivity index (χ2n) is 12.6. The van der Waals surface area contributed by atoms with E-state index in [0.29, 0.717) is 24.8 Å². The van der Waals surface area contributed by atoms with Crippen LogP contribution in [0.2, 0.25) is 0 Å². The molecule has 7 atom stereocenters. The molecule has 12 heteroatoms. The van der Waals surface area contributed by atoms with E-state index in [1.165, 1.54) is 24.3 Å². The van der Waals surface area contributed by atoms with Crippen LogP contribution in [0.5, 0.6) is 0 Å². The summed E-state index contributed by atoms with van der Waals surface area (Å²) in [4.78, 5) is 66.6. The van der Waals surface area contributed by atoms with Gasteiger partial charge in [0.1, 0.15) is 6.61 Å². The SMILES string of the molecule is CCOC(=O)O[C@]1(C(=O)COC(=O)c2ccc(CO[N+](=O)[O-])cc2)CCC2C3CCC4=CC(=O)C=C[C@]4(C)C3[C@@H](O)C[C@@]21C. The second-order valence-corrected chi connectivity index (χ2v) is 12.6. The number of hydrogen-bond acceptors (Lipinski definition) is 11. The number of nitrogens with zero attached hydrogens (tertiary/aromatic N) is 1. The van der Waals surface area contributed by atoms with Crippen molar-refractivity contribution in [2.75, 3.05) is 13.2 Å². The number of ketones is 2. The Balaban J connectivity index is 1.38. The smallest absolute Gasteiger partial charge is 0.454 e. The number of hydrogen-bond donors (Lipinski definition) is 1. The molecule has 236 valence electrons. The highest BCUT2D eigenvalue weighted by atomic mass is 16.9.